The van der Waals surface area contributed by atoms with Crippen molar-refractivity contribution in [3.8, 4) is 0 Å². The molecule has 0 spiro atoms. The number of ether oxygens (including phenoxy) is 2. The number of rotatable bonds is 19. The molecule has 0 aromatic heterocycles. The van der Waals surface area contributed by atoms with Crippen LogP contribution in [0, 0.1) is 42.4 Å². The van der Waals surface area contributed by atoms with Gasteiger partial charge in [0.15, 0.2) is 0 Å². The number of benzene rings is 3. The lowest BCUT2D eigenvalue weighted by Crippen LogP contribution is -2.45. The molecule has 7 N–H and O–H groups in total. The van der Waals surface area contributed by atoms with Gasteiger partial charge in [-0.15, -0.1) is 0 Å². The Morgan fingerprint density at radius 1 is 0.519 bits per heavy atom. The molecule has 2 amide bonds. The second-order valence-corrected chi connectivity index (χ2v) is 23.2. The molecule has 3 saturated carbocycles. The van der Waals surface area contributed by atoms with Crippen LogP contribution in [0.4, 0.5) is 0 Å². The SMILES string of the molecule is C.C.C.C.CC(C)C[C@H](N)C(=O)OCc1ccccc1.CC(C)C[C@H](NC(=O)C1CCCCC1)C(=O)O.CC(C)C[C@H](NC(=O)C1CCCCC1)C(=O)OCc1ccccc1.Cc1ccc(S(=O)(=O)O)cc1.O=C(O)C1CCCCC1. The molecule has 3 aromatic carbocycles. The topological polar surface area (TPSA) is 266 Å². The van der Waals surface area contributed by atoms with Gasteiger partial charge in [-0.3, -0.25) is 23.7 Å². The fourth-order valence-corrected chi connectivity index (χ4v) is 9.50. The molecule has 81 heavy (non-hydrogen) atoms. The molecule has 3 atom stereocenters. The largest absolute Gasteiger partial charge is 0.481 e. The Morgan fingerprint density at radius 3 is 1.20 bits per heavy atom. The van der Waals surface area contributed by atoms with E-state index < -0.39 is 40.2 Å². The number of carbonyl (C=O) groups is 6. The van der Waals surface area contributed by atoms with Gasteiger partial charge in [0, 0.05) is 11.8 Å². The smallest absolute Gasteiger partial charge is 0.328 e. The van der Waals surface area contributed by atoms with E-state index in [1.807, 2.05) is 109 Å². The van der Waals surface area contributed by atoms with Gasteiger partial charge in [-0.25, -0.2) is 9.59 Å². The van der Waals surface area contributed by atoms with Crippen molar-refractivity contribution in [1.82, 2.24) is 10.6 Å². The van der Waals surface area contributed by atoms with Crippen molar-refractivity contribution in [1.29, 1.82) is 0 Å². The van der Waals surface area contributed by atoms with E-state index in [9.17, 15) is 37.2 Å². The molecule has 0 unspecified atom stereocenters. The molecule has 16 nitrogen and oxygen atoms in total. The normalized spacial score (nSPS) is 15.4. The molecular formula is C64H107N3O13S. The summed E-state index contributed by atoms with van der Waals surface area (Å²) in [5, 5.41) is 23.2. The molecule has 3 aliphatic carbocycles. The van der Waals surface area contributed by atoms with Gasteiger partial charge in [0.05, 0.1) is 10.8 Å². The summed E-state index contributed by atoms with van der Waals surface area (Å²) in [6, 6.07) is 23.4. The van der Waals surface area contributed by atoms with Crippen molar-refractivity contribution >= 4 is 45.8 Å². The summed E-state index contributed by atoms with van der Waals surface area (Å²) in [5.74, 6) is -1.22. The molecule has 0 radical (unpaired) electrons. The van der Waals surface area contributed by atoms with Crippen molar-refractivity contribution in [2.45, 2.75) is 230 Å². The Labute approximate surface area is 488 Å². The van der Waals surface area contributed by atoms with Gasteiger partial charge in [-0.2, -0.15) is 8.42 Å². The molecule has 462 valence electrons. The molecule has 3 fully saturated rings. The van der Waals surface area contributed by atoms with Crippen molar-refractivity contribution in [2.75, 3.05) is 0 Å². The maximum Gasteiger partial charge on any atom is 0.328 e. The Kier molecular flexibility index (Phi) is 43.2. The molecule has 3 aliphatic rings. The van der Waals surface area contributed by atoms with E-state index in [1.165, 1.54) is 31.4 Å². The minimum absolute atomic E-state index is 0. The lowest BCUT2D eigenvalue weighted by molar-refractivity contribution is -0.150. The molecule has 3 aromatic rings. The second kappa shape index (κ2) is 44.0. The highest BCUT2D eigenvalue weighted by molar-refractivity contribution is 7.85. The van der Waals surface area contributed by atoms with Gasteiger partial charge < -0.3 is 36.1 Å². The van der Waals surface area contributed by atoms with Crippen LogP contribution in [0.15, 0.2) is 89.8 Å². The highest BCUT2D eigenvalue weighted by Gasteiger charge is 2.29. The average molecular weight is 1160 g/mol. The third-order valence-electron chi connectivity index (χ3n) is 13.3. The van der Waals surface area contributed by atoms with E-state index >= 15 is 0 Å². The molecule has 0 heterocycles. The van der Waals surface area contributed by atoms with Crippen LogP contribution in [0.2, 0.25) is 0 Å². The Hall–Kier alpha value is -5.65. The highest BCUT2D eigenvalue weighted by atomic mass is 32.2. The number of nitrogens with one attached hydrogen (secondary N) is 2. The minimum atomic E-state index is -4.02. The molecule has 6 rings (SSSR count). The van der Waals surface area contributed by atoms with Gasteiger partial charge in [0.1, 0.15) is 31.3 Å². The lowest BCUT2D eigenvalue weighted by atomic mass is 9.88. The zero-order valence-electron chi connectivity index (χ0n) is 46.8. The monoisotopic (exact) mass is 1160 g/mol. The van der Waals surface area contributed by atoms with Crippen LogP contribution in [0.25, 0.3) is 0 Å². The van der Waals surface area contributed by atoms with Crippen molar-refractivity contribution in [2.24, 2.45) is 41.2 Å². The summed E-state index contributed by atoms with van der Waals surface area (Å²) in [5.41, 5.74) is 8.59. The van der Waals surface area contributed by atoms with Crippen LogP contribution in [0.3, 0.4) is 0 Å². The molecule has 0 saturated heterocycles. The maximum atomic E-state index is 12.4. The molecule has 17 heteroatoms. The lowest BCUT2D eigenvalue weighted by Gasteiger charge is -2.25. The van der Waals surface area contributed by atoms with Gasteiger partial charge in [0.25, 0.3) is 10.1 Å². The van der Waals surface area contributed by atoms with E-state index in [0.29, 0.717) is 37.7 Å². The fraction of sp³-hybridized carbons (Fsp3) is 0.625. The van der Waals surface area contributed by atoms with Crippen molar-refractivity contribution < 1.29 is 61.4 Å². The summed E-state index contributed by atoms with van der Waals surface area (Å²) in [6.45, 7) is 14.5. The zero-order chi connectivity index (χ0) is 57.3. The van der Waals surface area contributed by atoms with Crippen LogP contribution < -0.4 is 16.4 Å². The van der Waals surface area contributed by atoms with Gasteiger partial charge >= 0.3 is 23.9 Å². The van der Waals surface area contributed by atoms with Gasteiger partial charge in [-0.05, 0) is 106 Å². The van der Waals surface area contributed by atoms with Crippen LogP contribution in [0.5, 0.6) is 0 Å². The maximum absolute atomic E-state index is 12.4. The molecule has 0 aliphatic heterocycles. The fourth-order valence-electron chi connectivity index (χ4n) is 9.02. The number of carboxylic acid groups (broad SMARTS) is 2. The first-order valence-corrected chi connectivity index (χ1v) is 29.2. The summed E-state index contributed by atoms with van der Waals surface area (Å²) >= 11 is 0. The summed E-state index contributed by atoms with van der Waals surface area (Å²) in [6.07, 6.45) is 17.4. The minimum Gasteiger partial charge on any atom is -0.481 e. The zero-order valence-corrected chi connectivity index (χ0v) is 47.6. The first-order valence-electron chi connectivity index (χ1n) is 27.7. The third-order valence-corrected chi connectivity index (χ3v) is 14.2. The van der Waals surface area contributed by atoms with Crippen LogP contribution in [-0.2, 0) is 61.6 Å². The van der Waals surface area contributed by atoms with Crippen LogP contribution >= 0.6 is 0 Å². The number of hydrogen-bond acceptors (Lipinski definition) is 11. The van der Waals surface area contributed by atoms with E-state index in [-0.39, 0.29) is 88.6 Å². The average Bonchev–Trinajstić information content (AvgIpc) is 3.40. The number of nitrogens with two attached hydrogens (primary N) is 1. The van der Waals surface area contributed by atoms with Crippen molar-refractivity contribution in [3.05, 3.63) is 102 Å². The van der Waals surface area contributed by atoms with E-state index in [0.717, 1.165) is 93.7 Å². The quantitative estimate of drug-likeness (QED) is 0.0482. The Morgan fingerprint density at radius 2 is 0.864 bits per heavy atom. The first-order chi connectivity index (χ1) is 36.5. The van der Waals surface area contributed by atoms with Crippen molar-refractivity contribution in [3.63, 3.8) is 0 Å². The number of carboxylic acids is 2. The first kappa shape index (κ1) is 79.6. The predicted molar refractivity (Wildman–Crippen MR) is 326 cm³/mol. The van der Waals surface area contributed by atoms with Gasteiger partial charge in [-0.1, -0.05) is 207 Å². The van der Waals surface area contributed by atoms with Crippen LogP contribution in [-0.4, -0.2) is 77.0 Å². The van der Waals surface area contributed by atoms with E-state index in [1.54, 1.807) is 12.1 Å². The number of carbonyl (C=O) groups excluding carboxylic acids is 4. The second-order valence-electron chi connectivity index (χ2n) is 21.8. The predicted octanol–water partition coefficient (Wildman–Crippen LogP) is 13.6. The van der Waals surface area contributed by atoms with Gasteiger partial charge in [0.2, 0.25) is 11.8 Å². The Balaban J connectivity index is -0.000000961. The molecule has 0 bridgehead atoms. The Bertz CT molecular complexity index is 2280. The van der Waals surface area contributed by atoms with E-state index in [4.69, 9.17) is 30.0 Å². The summed E-state index contributed by atoms with van der Waals surface area (Å²) in [7, 11) is -4.02. The number of esters is 2. The molecular weight excluding hydrogens is 1050 g/mol. The number of amides is 2. The highest BCUT2D eigenvalue weighted by Crippen LogP contribution is 2.26. The third kappa shape index (κ3) is 35.7. The number of aliphatic carboxylic acids is 2. The van der Waals surface area contributed by atoms with Crippen LogP contribution in [0.1, 0.15) is 204 Å². The summed E-state index contributed by atoms with van der Waals surface area (Å²) in [4.78, 5) is 69.6. The number of aryl methyl sites for hydroxylation is 1. The standard InChI is InChI=1S/C20H29NO3.C13H23NO3.C13H19NO2.C7H8O3S.C7H12O2.4CH4/c1-15(2)13-18(21-19(22)17-11-7-4-8-12-17)20(23)24-14-16-9-5-3-6-10-16;1-9(2)8-11(13(16)17)14-12(15)10-6-4-3-5-7-10;1-10(2)8-12(14)13(15)16-9-11-6-4-3-5-7-11;1-6-2-4-7(5-3-6)11(8,9)10;8-7(9)6-4-2-1-3-5-6;;;;/h3,5-6,9-10,15,17-18H,4,7-8,11-14H2,1-2H3,(H,21,22);9-11H,3-8H2,1-2H3,(H,14,15)(H,16,17);3-7,10,12H,8-9,14H2,1-2H3;2-5H,1H3,(H,8,9,10);6H,1-5H2,(H,8,9);4*1H4/t18-;11-;12-;;;;;;/m000....../s1. The summed E-state index contributed by atoms with van der Waals surface area (Å²) < 4.78 is 40.1. The number of hydrogen-bond donors (Lipinski definition) is 6. The van der Waals surface area contributed by atoms with E-state index in [2.05, 4.69) is 10.6 Å².